The molecule has 0 bridgehead atoms. The second-order valence-electron chi connectivity index (χ2n) is 3.67. The maximum Gasteiger partial charge on any atom is 0.320 e. The third-order valence-electron chi connectivity index (χ3n) is 2.29. The van der Waals surface area contributed by atoms with Gasteiger partial charge in [0.15, 0.2) is 0 Å². The van der Waals surface area contributed by atoms with Crippen LogP contribution in [0.2, 0.25) is 0 Å². The maximum absolute atomic E-state index is 10.7. The summed E-state index contributed by atoms with van der Waals surface area (Å²) in [6, 6.07) is -0.716. The number of hydrogen-bond acceptors (Lipinski definition) is 3. The molecule has 0 aromatic heterocycles. The van der Waals surface area contributed by atoms with E-state index in [1.54, 1.807) is 0 Å². The second kappa shape index (κ2) is 4.95. The molecule has 0 amide bonds. The lowest BCUT2D eigenvalue weighted by Gasteiger charge is -2.12. The maximum atomic E-state index is 10.7. The van der Waals surface area contributed by atoms with Gasteiger partial charge in [-0.1, -0.05) is 0 Å². The summed E-state index contributed by atoms with van der Waals surface area (Å²) in [5, 5.41) is 20.1. The van der Waals surface area contributed by atoms with E-state index in [9.17, 15) is 9.59 Å². The van der Waals surface area contributed by atoms with Gasteiger partial charge >= 0.3 is 11.9 Å². The molecular weight excluding hydrogens is 186 g/mol. The largest absolute Gasteiger partial charge is 0.481 e. The van der Waals surface area contributed by atoms with Crippen LogP contribution in [0.1, 0.15) is 25.7 Å². The molecule has 0 spiro atoms. The summed E-state index contributed by atoms with van der Waals surface area (Å²) in [4.78, 5) is 20.9. The lowest BCUT2D eigenvalue weighted by Crippen LogP contribution is -2.38. The first-order valence-corrected chi connectivity index (χ1v) is 4.77. The standard InChI is InChI=1S/C9H15NO4/c11-8(12)4-3-7(9(13)14)10-5-6-1-2-6/h6-7,10H,1-5H2,(H,11,12)(H,13,14)/t7-/m0/s1. The highest BCUT2D eigenvalue weighted by Crippen LogP contribution is 2.27. The molecule has 1 atom stereocenters. The Hall–Kier alpha value is -1.10. The number of hydrogen-bond donors (Lipinski definition) is 3. The van der Waals surface area contributed by atoms with E-state index >= 15 is 0 Å². The minimum absolute atomic E-state index is 0.103. The molecule has 80 valence electrons. The zero-order valence-corrected chi connectivity index (χ0v) is 7.90. The highest BCUT2D eigenvalue weighted by atomic mass is 16.4. The van der Waals surface area contributed by atoms with Gasteiger partial charge in [-0.25, -0.2) is 0 Å². The van der Waals surface area contributed by atoms with Crippen LogP contribution in [0.25, 0.3) is 0 Å². The molecule has 14 heavy (non-hydrogen) atoms. The zero-order valence-electron chi connectivity index (χ0n) is 7.90. The van der Waals surface area contributed by atoms with Gasteiger partial charge in [0.05, 0.1) is 0 Å². The first kappa shape index (κ1) is 11.0. The fraction of sp³-hybridized carbons (Fsp3) is 0.778. The molecule has 1 saturated carbocycles. The van der Waals surface area contributed by atoms with Crippen LogP contribution in [0.3, 0.4) is 0 Å². The summed E-state index contributed by atoms with van der Waals surface area (Å²) < 4.78 is 0. The highest BCUT2D eigenvalue weighted by molar-refractivity contribution is 5.75. The Balaban J connectivity index is 2.22. The normalized spacial score (nSPS) is 17.7. The molecule has 0 aromatic rings. The van der Waals surface area contributed by atoms with Gasteiger partial charge in [-0.15, -0.1) is 0 Å². The monoisotopic (exact) mass is 201 g/mol. The minimum atomic E-state index is -0.966. The Labute approximate surface area is 82.1 Å². The first-order valence-electron chi connectivity index (χ1n) is 4.77. The van der Waals surface area contributed by atoms with Crippen molar-refractivity contribution in [3.63, 3.8) is 0 Å². The van der Waals surface area contributed by atoms with E-state index in [0.717, 1.165) is 12.8 Å². The summed E-state index contributed by atoms with van der Waals surface area (Å²) in [6.07, 6.45) is 2.35. The Morgan fingerprint density at radius 1 is 1.36 bits per heavy atom. The van der Waals surface area contributed by atoms with E-state index in [2.05, 4.69) is 5.32 Å². The number of carboxylic acid groups (broad SMARTS) is 2. The van der Waals surface area contributed by atoms with E-state index in [1.807, 2.05) is 0 Å². The summed E-state index contributed by atoms with van der Waals surface area (Å²) in [5.41, 5.74) is 0. The van der Waals surface area contributed by atoms with Crippen LogP contribution >= 0.6 is 0 Å². The smallest absolute Gasteiger partial charge is 0.320 e. The van der Waals surface area contributed by atoms with E-state index in [4.69, 9.17) is 10.2 Å². The van der Waals surface area contributed by atoms with Gasteiger partial charge in [-0.2, -0.15) is 0 Å². The average Bonchev–Trinajstić information content (AvgIpc) is 2.86. The summed E-state index contributed by atoms with van der Waals surface area (Å²) in [6.45, 7) is 0.691. The molecule has 1 rings (SSSR count). The van der Waals surface area contributed by atoms with E-state index < -0.39 is 18.0 Å². The van der Waals surface area contributed by atoms with Crippen molar-refractivity contribution in [3.8, 4) is 0 Å². The van der Waals surface area contributed by atoms with E-state index in [1.165, 1.54) is 0 Å². The molecule has 5 heteroatoms. The molecule has 0 unspecified atom stereocenters. The Bertz CT molecular complexity index is 225. The van der Waals surface area contributed by atoms with Gasteiger partial charge < -0.3 is 15.5 Å². The molecule has 0 saturated heterocycles. The van der Waals surface area contributed by atoms with Crippen LogP contribution in [0.5, 0.6) is 0 Å². The quantitative estimate of drug-likeness (QED) is 0.551. The van der Waals surface area contributed by atoms with Gasteiger partial charge in [-0.3, -0.25) is 9.59 Å². The Kier molecular flexibility index (Phi) is 3.88. The van der Waals surface area contributed by atoms with Crippen LogP contribution in [-0.2, 0) is 9.59 Å². The van der Waals surface area contributed by atoms with Crippen molar-refractivity contribution in [3.05, 3.63) is 0 Å². The number of aliphatic carboxylic acids is 2. The molecule has 1 aliphatic carbocycles. The molecule has 0 radical (unpaired) electrons. The molecule has 0 aliphatic heterocycles. The summed E-state index contributed by atoms with van der Waals surface area (Å²) >= 11 is 0. The molecule has 1 aliphatic rings. The summed E-state index contributed by atoms with van der Waals surface area (Å²) in [5.74, 6) is -1.32. The van der Waals surface area contributed by atoms with Crippen molar-refractivity contribution in [2.24, 2.45) is 5.92 Å². The van der Waals surface area contributed by atoms with Crippen molar-refractivity contribution >= 4 is 11.9 Å². The first-order chi connectivity index (χ1) is 6.59. The molecule has 0 aromatic carbocycles. The zero-order chi connectivity index (χ0) is 10.6. The molecule has 3 N–H and O–H groups in total. The third kappa shape index (κ3) is 4.23. The van der Waals surface area contributed by atoms with Crippen LogP contribution in [0.15, 0.2) is 0 Å². The van der Waals surface area contributed by atoms with Gasteiger partial charge in [0.25, 0.3) is 0 Å². The van der Waals surface area contributed by atoms with Crippen LogP contribution in [0, 0.1) is 5.92 Å². The van der Waals surface area contributed by atoms with Crippen molar-refractivity contribution < 1.29 is 19.8 Å². The number of nitrogens with one attached hydrogen (secondary N) is 1. The predicted molar refractivity (Wildman–Crippen MR) is 49.0 cm³/mol. The number of carboxylic acids is 2. The molecule has 5 nitrogen and oxygen atoms in total. The van der Waals surface area contributed by atoms with Crippen molar-refractivity contribution in [1.29, 1.82) is 0 Å². The highest BCUT2D eigenvalue weighted by Gasteiger charge is 2.24. The second-order valence-corrected chi connectivity index (χ2v) is 3.67. The Morgan fingerprint density at radius 3 is 2.43 bits per heavy atom. The third-order valence-corrected chi connectivity index (χ3v) is 2.29. The predicted octanol–water partition coefficient (Wildman–Crippen LogP) is 0.304. The lowest BCUT2D eigenvalue weighted by atomic mass is 10.1. The fourth-order valence-electron chi connectivity index (χ4n) is 1.21. The van der Waals surface area contributed by atoms with Crippen molar-refractivity contribution in [2.45, 2.75) is 31.7 Å². The van der Waals surface area contributed by atoms with Gasteiger partial charge in [0.1, 0.15) is 6.04 Å². The average molecular weight is 201 g/mol. The molecule has 0 heterocycles. The van der Waals surface area contributed by atoms with Crippen LogP contribution in [0.4, 0.5) is 0 Å². The number of rotatable bonds is 7. The number of carbonyl (C=O) groups is 2. The summed E-state index contributed by atoms with van der Waals surface area (Å²) in [7, 11) is 0. The molecular formula is C9H15NO4. The van der Waals surface area contributed by atoms with Gasteiger partial charge in [0, 0.05) is 6.42 Å². The van der Waals surface area contributed by atoms with Crippen LogP contribution in [-0.4, -0.2) is 34.7 Å². The SMILES string of the molecule is O=C(O)CC[C@H](NCC1CC1)C(=O)O. The van der Waals surface area contributed by atoms with Crippen molar-refractivity contribution in [1.82, 2.24) is 5.32 Å². The van der Waals surface area contributed by atoms with Gasteiger partial charge in [-0.05, 0) is 31.7 Å². The van der Waals surface area contributed by atoms with Crippen molar-refractivity contribution in [2.75, 3.05) is 6.54 Å². The minimum Gasteiger partial charge on any atom is -0.481 e. The lowest BCUT2D eigenvalue weighted by molar-refractivity contribution is -0.140. The fourth-order valence-corrected chi connectivity index (χ4v) is 1.21. The van der Waals surface area contributed by atoms with Gasteiger partial charge in [0.2, 0.25) is 0 Å². The topological polar surface area (TPSA) is 86.6 Å². The van der Waals surface area contributed by atoms with E-state index in [-0.39, 0.29) is 12.8 Å². The van der Waals surface area contributed by atoms with E-state index in [0.29, 0.717) is 12.5 Å². The molecule has 1 fully saturated rings. The van der Waals surface area contributed by atoms with Crippen LogP contribution < -0.4 is 5.32 Å². The Morgan fingerprint density at radius 2 is 2.00 bits per heavy atom.